The molecule has 2 atom stereocenters. The Labute approximate surface area is 139 Å². The minimum absolute atomic E-state index is 0. The number of methoxy groups -OCH3 is 1. The fraction of sp³-hybridized carbons (Fsp3) is 0.562. The van der Waals surface area contributed by atoms with E-state index in [-0.39, 0.29) is 31.0 Å². The first-order chi connectivity index (χ1) is 9.93. The van der Waals surface area contributed by atoms with Gasteiger partial charge in [-0.05, 0) is 30.5 Å². The van der Waals surface area contributed by atoms with Crippen molar-refractivity contribution in [1.29, 1.82) is 0 Å². The number of benzene rings is 1. The van der Waals surface area contributed by atoms with E-state index in [9.17, 15) is 4.79 Å². The number of amides is 1. The first-order valence-corrected chi connectivity index (χ1v) is 7.21. The Morgan fingerprint density at radius 3 is 2.27 bits per heavy atom. The van der Waals surface area contributed by atoms with Crippen LogP contribution in [0.3, 0.4) is 0 Å². The van der Waals surface area contributed by atoms with Gasteiger partial charge in [0.1, 0.15) is 11.8 Å². The highest BCUT2D eigenvalue weighted by molar-refractivity contribution is 5.85. The van der Waals surface area contributed by atoms with Gasteiger partial charge >= 0.3 is 0 Å². The smallest absolute Gasteiger partial charge is 0.239 e. The van der Waals surface area contributed by atoms with Crippen molar-refractivity contribution < 1.29 is 14.3 Å². The van der Waals surface area contributed by atoms with E-state index in [4.69, 9.17) is 15.2 Å². The lowest BCUT2D eigenvalue weighted by molar-refractivity contribution is -0.124. The molecule has 6 heteroatoms. The molecule has 0 spiro atoms. The molecule has 1 aromatic carbocycles. The molecule has 1 amide bonds. The van der Waals surface area contributed by atoms with Gasteiger partial charge in [0.25, 0.3) is 0 Å². The Morgan fingerprint density at radius 2 is 1.77 bits per heavy atom. The van der Waals surface area contributed by atoms with E-state index in [1.165, 1.54) is 7.11 Å². The van der Waals surface area contributed by atoms with Gasteiger partial charge in [0, 0.05) is 7.11 Å². The predicted molar refractivity (Wildman–Crippen MR) is 90.4 cm³/mol. The first kappa shape index (κ1) is 20.7. The molecule has 1 rings (SSSR count). The average molecular weight is 331 g/mol. The summed E-state index contributed by atoms with van der Waals surface area (Å²) in [5.74, 6) is 1.11. The van der Waals surface area contributed by atoms with E-state index in [0.29, 0.717) is 12.5 Å². The summed E-state index contributed by atoms with van der Waals surface area (Å²) in [4.78, 5) is 11.8. The minimum atomic E-state index is -0.647. The molecule has 0 bridgehead atoms. The second-order valence-electron chi connectivity index (χ2n) is 5.57. The van der Waals surface area contributed by atoms with Crippen molar-refractivity contribution in [3.05, 3.63) is 29.8 Å². The largest absolute Gasteiger partial charge is 0.493 e. The van der Waals surface area contributed by atoms with Crippen molar-refractivity contribution >= 4 is 18.3 Å². The molecule has 5 nitrogen and oxygen atoms in total. The number of carbonyl (C=O) groups excluding carboxylic acids is 1. The summed E-state index contributed by atoms with van der Waals surface area (Å²) in [6.07, 6.45) is 0. The zero-order valence-electron chi connectivity index (χ0n) is 13.7. The summed E-state index contributed by atoms with van der Waals surface area (Å²) in [6, 6.07) is 6.96. The third-order valence-corrected chi connectivity index (χ3v) is 3.01. The summed E-state index contributed by atoms with van der Waals surface area (Å²) in [5.41, 5.74) is 6.69. The molecule has 126 valence electrons. The zero-order valence-corrected chi connectivity index (χ0v) is 14.5. The van der Waals surface area contributed by atoms with Gasteiger partial charge in [-0.2, -0.15) is 0 Å². The molecule has 0 aliphatic heterocycles. The highest BCUT2D eigenvalue weighted by Crippen LogP contribution is 2.18. The van der Waals surface area contributed by atoms with E-state index >= 15 is 0 Å². The van der Waals surface area contributed by atoms with Gasteiger partial charge in [-0.3, -0.25) is 4.79 Å². The SMILES string of the molecule is COCC(N)C(=O)NC(C)c1ccc(OCC(C)C)cc1.Cl. The fourth-order valence-corrected chi connectivity index (χ4v) is 1.77. The van der Waals surface area contributed by atoms with Gasteiger partial charge in [0.2, 0.25) is 5.91 Å². The third kappa shape index (κ3) is 7.11. The van der Waals surface area contributed by atoms with Crippen molar-refractivity contribution in [1.82, 2.24) is 5.32 Å². The highest BCUT2D eigenvalue weighted by atomic mass is 35.5. The molecule has 0 aliphatic rings. The van der Waals surface area contributed by atoms with Crippen LogP contribution in [0.2, 0.25) is 0 Å². The van der Waals surface area contributed by atoms with Gasteiger partial charge in [-0.15, -0.1) is 12.4 Å². The topological polar surface area (TPSA) is 73.6 Å². The molecule has 2 unspecified atom stereocenters. The number of nitrogens with one attached hydrogen (secondary N) is 1. The minimum Gasteiger partial charge on any atom is -0.493 e. The first-order valence-electron chi connectivity index (χ1n) is 7.21. The summed E-state index contributed by atoms with van der Waals surface area (Å²) in [5, 5.41) is 2.87. The molecule has 0 heterocycles. The standard InChI is InChI=1S/C16H26N2O3.ClH/c1-11(2)9-21-14-7-5-13(6-8-14)12(3)18-16(19)15(17)10-20-4;/h5-8,11-12,15H,9-10,17H2,1-4H3,(H,18,19);1H. The monoisotopic (exact) mass is 330 g/mol. The quantitative estimate of drug-likeness (QED) is 0.767. The maximum atomic E-state index is 11.8. The second kappa shape index (κ2) is 10.4. The Kier molecular flexibility index (Phi) is 9.81. The number of carbonyl (C=O) groups is 1. The fourth-order valence-electron chi connectivity index (χ4n) is 1.77. The molecule has 0 fully saturated rings. The molecule has 0 radical (unpaired) electrons. The maximum Gasteiger partial charge on any atom is 0.239 e. The van der Waals surface area contributed by atoms with Crippen LogP contribution in [0, 0.1) is 5.92 Å². The molecule has 3 N–H and O–H groups in total. The molecular weight excluding hydrogens is 304 g/mol. The highest BCUT2D eigenvalue weighted by Gasteiger charge is 2.16. The number of ether oxygens (including phenoxy) is 2. The lowest BCUT2D eigenvalue weighted by atomic mass is 10.1. The normalized spacial score (nSPS) is 13.2. The van der Waals surface area contributed by atoms with Crippen LogP contribution < -0.4 is 15.8 Å². The van der Waals surface area contributed by atoms with Crippen LogP contribution in [0.1, 0.15) is 32.4 Å². The van der Waals surface area contributed by atoms with E-state index in [0.717, 1.165) is 11.3 Å². The Balaban J connectivity index is 0.00000441. The van der Waals surface area contributed by atoms with E-state index < -0.39 is 6.04 Å². The molecule has 0 aromatic heterocycles. The third-order valence-electron chi connectivity index (χ3n) is 3.01. The molecule has 0 saturated carbocycles. The second-order valence-corrected chi connectivity index (χ2v) is 5.57. The van der Waals surface area contributed by atoms with Crippen molar-refractivity contribution in [3.63, 3.8) is 0 Å². The number of rotatable bonds is 8. The van der Waals surface area contributed by atoms with Crippen molar-refractivity contribution in [2.24, 2.45) is 11.7 Å². The van der Waals surface area contributed by atoms with E-state index in [1.807, 2.05) is 31.2 Å². The molecule has 1 aromatic rings. The Bertz CT molecular complexity index is 438. The number of hydrogen-bond donors (Lipinski definition) is 2. The van der Waals surface area contributed by atoms with Gasteiger partial charge in [0.15, 0.2) is 0 Å². The molecule has 22 heavy (non-hydrogen) atoms. The number of nitrogens with two attached hydrogens (primary N) is 1. The van der Waals surface area contributed by atoms with E-state index in [2.05, 4.69) is 19.2 Å². The van der Waals surface area contributed by atoms with Gasteiger partial charge < -0.3 is 20.5 Å². The lowest BCUT2D eigenvalue weighted by Gasteiger charge is -2.18. The summed E-state index contributed by atoms with van der Waals surface area (Å²) in [6.45, 7) is 7.03. The Morgan fingerprint density at radius 1 is 1.18 bits per heavy atom. The van der Waals surface area contributed by atoms with Crippen molar-refractivity contribution in [3.8, 4) is 5.75 Å². The molecule has 0 aliphatic carbocycles. The summed E-state index contributed by atoms with van der Waals surface area (Å²) >= 11 is 0. The predicted octanol–water partition coefficient (Wildman–Crippen LogP) is 2.29. The van der Waals surface area contributed by atoms with Gasteiger partial charge in [-0.25, -0.2) is 0 Å². The summed E-state index contributed by atoms with van der Waals surface area (Å²) < 4.78 is 10.5. The maximum absolute atomic E-state index is 11.8. The Hall–Kier alpha value is -1.30. The van der Waals surface area contributed by atoms with Crippen LogP contribution in [-0.4, -0.2) is 32.3 Å². The van der Waals surface area contributed by atoms with Crippen LogP contribution in [0.4, 0.5) is 0 Å². The number of halogens is 1. The van der Waals surface area contributed by atoms with E-state index in [1.54, 1.807) is 0 Å². The molecule has 0 saturated heterocycles. The van der Waals surface area contributed by atoms with Crippen LogP contribution in [0.15, 0.2) is 24.3 Å². The zero-order chi connectivity index (χ0) is 15.8. The van der Waals surface area contributed by atoms with Crippen LogP contribution in [0.25, 0.3) is 0 Å². The van der Waals surface area contributed by atoms with Gasteiger partial charge in [-0.1, -0.05) is 26.0 Å². The number of hydrogen-bond acceptors (Lipinski definition) is 4. The lowest BCUT2D eigenvalue weighted by Crippen LogP contribution is -2.44. The molecular formula is C16H27ClN2O3. The van der Waals surface area contributed by atoms with Crippen LogP contribution >= 0.6 is 12.4 Å². The van der Waals surface area contributed by atoms with Crippen molar-refractivity contribution in [2.75, 3.05) is 20.3 Å². The van der Waals surface area contributed by atoms with Gasteiger partial charge in [0.05, 0.1) is 19.3 Å². The van der Waals surface area contributed by atoms with Crippen LogP contribution in [0.5, 0.6) is 5.75 Å². The average Bonchev–Trinajstić information content (AvgIpc) is 2.45. The van der Waals surface area contributed by atoms with Crippen molar-refractivity contribution in [2.45, 2.75) is 32.9 Å². The van der Waals surface area contributed by atoms with Crippen LogP contribution in [-0.2, 0) is 9.53 Å². The summed E-state index contributed by atoms with van der Waals surface area (Å²) in [7, 11) is 1.52.